The first-order valence-electron chi connectivity index (χ1n) is 10.6. The Morgan fingerprint density at radius 3 is 2.61 bits per heavy atom. The van der Waals surface area contributed by atoms with E-state index in [1.165, 1.54) is 22.9 Å². The number of hydrogen-bond donors (Lipinski definition) is 2. The van der Waals surface area contributed by atoms with E-state index in [4.69, 9.17) is 0 Å². The van der Waals surface area contributed by atoms with E-state index < -0.39 is 11.7 Å². The summed E-state index contributed by atoms with van der Waals surface area (Å²) in [4.78, 5) is 39.2. The number of amides is 1. The maximum Gasteiger partial charge on any atom is 0.257 e. The molecule has 5 rings (SSSR count). The van der Waals surface area contributed by atoms with Crippen LogP contribution in [0.3, 0.4) is 0 Å². The van der Waals surface area contributed by atoms with Crippen molar-refractivity contribution in [2.75, 3.05) is 23.3 Å². The highest BCUT2D eigenvalue weighted by molar-refractivity contribution is 6.13. The quantitative estimate of drug-likeness (QED) is 0.464. The molecule has 4 heterocycles. The summed E-state index contributed by atoms with van der Waals surface area (Å²) in [5, 5.41) is 6.22. The third-order valence-electron chi connectivity index (χ3n) is 5.65. The van der Waals surface area contributed by atoms with Crippen molar-refractivity contribution in [2.45, 2.75) is 25.9 Å². The largest absolute Gasteiger partial charge is 0.367 e. The van der Waals surface area contributed by atoms with Gasteiger partial charge in [0.1, 0.15) is 16.7 Å². The second-order valence-corrected chi connectivity index (χ2v) is 8.30. The van der Waals surface area contributed by atoms with Crippen LogP contribution in [0.4, 0.5) is 15.8 Å². The molecule has 1 aliphatic rings. The van der Waals surface area contributed by atoms with E-state index in [9.17, 15) is 14.0 Å². The number of rotatable bonds is 4. The van der Waals surface area contributed by atoms with Crippen LogP contribution >= 0.6 is 0 Å². The lowest BCUT2D eigenvalue weighted by Gasteiger charge is -2.38. The standard InChI is InChI=1S/C23H22FN7O2/c1-13-8-30(9-14(2)27-13)19-4-3-17(20-21(19)26-6-5-25-20)23(33)29-15-7-18(24)22-28-16(12-32)11-31(22)10-15/h3-7,10-14,27H,8-9H2,1-2H3,(H,29,33)/t13-,14-/m1/s1. The van der Waals surface area contributed by atoms with Crippen LogP contribution in [0.5, 0.6) is 0 Å². The zero-order chi connectivity index (χ0) is 23.1. The van der Waals surface area contributed by atoms with E-state index in [0.717, 1.165) is 18.8 Å². The molecule has 9 nitrogen and oxygen atoms in total. The van der Waals surface area contributed by atoms with Crippen LogP contribution < -0.4 is 15.5 Å². The molecular weight excluding hydrogens is 425 g/mol. The maximum atomic E-state index is 14.4. The van der Waals surface area contributed by atoms with Gasteiger partial charge in [-0.2, -0.15) is 0 Å². The number of benzene rings is 1. The third kappa shape index (κ3) is 3.89. The third-order valence-corrected chi connectivity index (χ3v) is 5.65. The molecule has 4 aromatic rings. The van der Waals surface area contributed by atoms with Crippen LogP contribution in [-0.4, -0.2) is 56.7 Å². The van der Waals surface area contributed by atoms with Crippen LogP contribution in [0.15, 0.2) is 43.0 Å². The van der Waals surface area contributed by atoms with Crippen LogP contribution in [0.1, 0.15) is 34.7 Å². The number of anilines is 2. The molecule has 0 aliphatic carbocycles. The summed E-state index contributed by atoms with van der Waals surface area (Å²) in [5.41, 5.74) is 2.70. The SMILES string of the molecule is C[C@@H]1CN(c2ccc(C(=O)Nc3cc(F)c4nc(C=O)cn4c3)c3nccnc23)C[C@@H](C)N1. The van der Waals surface area contributed by atoms with Crippen molar-refractivity contribution >= 4 is 40.2 Å². The van der Waals surface area contributed by atoms with Crippen molar-refractivity contribution in [3.8, 4) is 0 Å². The Labute approximate surface area is 188 Å². The Kier molecular flexibility index (Phi) is 5.21. The van der Waals surface area contributed by atoms with Gasteiger partial charge in [-0.25, -0.2) is 9.37 Å². The summed E-state index contributed by atoms with van der Waals surface area (Å²) in [5.74, 6) is -1.09. The summed E-state index contributed by atoms with van der Waals surface area (Å²) in [7, 11) is 0. The van der Waals surface area contributed by atoms with Gasteiger partial charge in [0.25, 0.3) is 5.91 Å². The minimum Gasteiger partial charge on any atom is -0.367 e. The number of aromatic nitrogens is 4. The highest BCUT2D eigenvalue weighted by Gasteiger charge is 2.24. The number of nitrogens with one attached hydrogen (secondary N) is 2. The Bertz CT molecular complexity index is 1380. The normalized spacial score (nSPS) is 18.6. The molecule has 0 unspecified atom stereocenters. The molecule has 2 atom stereocenters. The van der Waals surface area contributed by atoms with Gasteiger partial charge in [0, 0.05) is 56.0 Å². The number of hydrogen-bond acceptors (Lipinski definition) is 7. The highest BCUT2D eigenvalue weighted by Crippen LogP contribution is 2.28. The van der Waals surface area contributed by atoms with Crippen molar-refractivity contribution in [3.63, 3.8) is 0 Å². The minimum atomic E-state index is -0.650. The lowest BCUT2D eigenvalue weighted by atomic mass is 10.1. The van der Waals surface area contributed by atoms with Crippen LogP contribution in [0.25, 0.3) is 16.7 Å². The number of carbonyl (C=O) groups excluding carboxylic acids is 2. The summed E-state index contributed by atoms with van der Waals surface area (Å²) >= 11 is 0. The molecule has 1 amide bonds. The second kappa shape index (κ2) is 8.21. The molecule has 1 saturated heterocycles. The Hall–Kier alpha value is -3.92. The van der Waals surface area contributed by atoms with E-state index in [0.29, 0.717) is 35.0 Å². The fraction of sp³-hybridized carbons (Fsp3) is 0.261. The van der Waals surface area contributed by atoms with Crippen molar-refractivity contribution in [1.29, 1.82) is 0 Å². The molecule has 0 radical (unpaired) electrons. The van der Waals surface area contributed by atoms with Crippen LogP contribution in [0.2, 0.25) is 0 Å². The first kappa shape index (κ1) is 21.0. The summed E-state index contributed by atoms with van der Waals surface area (Å²) < 4.78 is 15.8. The molecule has 3 aromatic heterocycles. The maximum absolute atomic E-state index is 14.4. The van der Waals surface area contributed by atoms with E-state index in [1.807, 2.05) is 6.07 Å². The molecule has 0 bridgehead atoms. The smallest absolute Gasteiger partial charge is 0.257 e. The minimum absolute atomic E-state index is 0.00949. The molecule has 33 heavy (non-hydrogen) atoms. The number of nitrogens with zero attached hydrogens (tertiary/aromatic N) is 5. The predicted octanol–water partition coefficient (Wildman–Crippen LogP) is 2.67. The van der Waals surface area contributed by atoms with Crippen LogP contribution in [-0.2, 0) is 0 Å². The monoisotopic (exact) mass is 447 g/mol. The lowest BCUT2D eigenvalue weighted by molar-refractivity contribution is 0.102. The van der Waals surface area contributed by atoms with Crippen molar-refractivity contribution in [3.05, 3.63) is 60.1 Å². The van der Waals surface area contributed by atoms with E-state index in [-0.39, 0.29) is 17.0 Å². The van der Waals surface area contributed by atoms with Gasteiger partial charge < -0.3 is 19.9 Å². The molecule has 2 N–H and O–H groups in total. The average molecular weight is 447 g/mol. The Balaban J connectivity index is 1.49. The Morgan fingerprint density at radius 1 is 1.15 bits per heavy atom. The van der Waals surface area contributed by atoms with Gasteiger partial charge in [-0.1, -0.05) is 0 Å². The van der Waals surface area contributed by atoms with E-state index >= 15 is 0 Å². The number of aldehydes is 1. The second-order valence-electron chi connectivity index (χ2n) is 8.30. The lowest BCUT2D eigenvalue weighted by Crippen LogP contribution is -2.54. The molecule has 1 fully saturated rings. The van der Waals surface area contributed by atoms with E-state index in [1.54, 1.807) is 18.5 Å². The molecule has 0 spiro atoms. The summed E-state index contributed by atoms with van der Waals surface area (Å²) in [6.45, 7) is 5.89. The number of imidazole rings is 1. The van der Waals surface area contributed by atoms with Gasteiger partial charge in [0.15, 0.2) is 17.8 Å². The van der Waals surface area contributed by atoms with Gasteiger partial charge in [-0.05, 0) is 26.0 Å². The zero-order valence-electron chi connectivity index (χ0n) is 18.1. The first-order valence-corrected chi connectivity index (χ1v) is 10.6. The molecule has 0 saturated carbocycles. The van der Waals surface area contributed by atoms with Gasteiger partial charge in [-0.3, -0.25) is 19.6 Å². The van der Waals surface area contributed by atoms with Crippen molar-refractivity contribution < 1.29 is 14.0 Å². The zero-order valence-corrected chi connectivity index (χ0v) is 18.1. The van der Waals surface area contributed by atoms with Crippen molar-refractivity contribution in [1.82, 2.24) is 24.7 Å². The van der Waals surface area contributed by atoms with Crippen LogP contribution in [0, 0.1) is 5.82 Å². The highest BCUT2D eigenvalue weighted by atomic mass is 19.1. The number of pyridine rings is 1. The van der Waals surface area contributed by atoms with Gasteiger partial charge in [0.05, 0.1) is 16.9 Å². The predicted molar refractivity (Wildman–Crippen MR) is 122 cm³/mol. The molecule has 10 heteroatoms. The number of fused-ring (bicyclic) bond motifs is 2. The molecule has 168 valence electrons. The first-order chi connectivity index (χ1) is 15.9. The van der Waals surface area contributed by atoms with E-state index in [2.05, 4.69) is 44.3 Å². The Morgan fingerprint density at radius 2 is 1.88 bits per heavy atom. The fourth-order valence-electron chi connectivity index (χ4n) is 4.40. The topological polar surface area (TPSA) is 105 Å². The summed E-state index contributed by atoms with van der Waals surface area (Å²) in [6.07, 6.45) is 6.59. The number of piperazine rings is 1. The summed E-state index contributed by atoms with van der Waals surface area (Å²) in [6, 6.07) is 5.40. The number of halogens is 1. The average Bonchev–Trinajstić information content (AvgIpc) is 3.21. The van der Waals surface area contributed by atoms with Gasteiger partial charge in [-0.15, -0.1) is 0 Å². The molecular formula is C23H22FN7O2. The van der Waals surface area contributed by atoms with Crippen molar-refractivity contribution in [2.24, 2.45) is 0 Å². The fourth-order valence-corrected chi connectivity index (χ4v) is 4.40. The van der Waals surface area contributed by atoms with Gasteiger partial charge in [0.2, 0.25) is 0 Å². The molecule has 1 aromatic carbocycles. The van der Waals surface area contributed by atoms with Gasteiger partial charge >= 0.3 is 0 Å². The number of carbonyl (C=O) groups is 2. The molecule has 1 aliphatic heterocycles.